The van der Waals surface area contributed by atoms with Gasteiger partial charge in [-0.25, -0.2) is 4.98 Å². The van der Waals surface area contributed by atoms with Crippen LogP contribution in [-0.4, -0.2) is 21.7 Å². The molecule has 0 N–H and O–H groups in total. The van der Waals surface area contributed by atoms with Crippen LogP contribution in [0.15, 0.2) is 57.5 Å². The molecule has 0 spiro atoms. The molecule has 0 unspecified atom stereocenters. The molecule has 130 valence electrons. The first-order valence-electron chi connectivity index (χ1n) is 8.29. The van der Waals surface area contributed by atoms with Gasteiger partial charge in [0.05, 0.1) is 23.3 Å². The fourth-order valence-electron chi connectivity index (χ4n) is 2.74. The number of aryl methyl sites for hydroxylation is 1. The highest BCUT2D eigenvalue weighted by Gasteiger charge is 2.18. The largest absolute Gasteiger partial charge is 0.477 e. The summed E-state index contributed by atoms with van der Waals surface area (Å²) in [5.41, 5.74) is 3.58. The van der Waals surface area contributed by atoms with Gasteiger partial charge in [0, 0.05) is 9.86 Å². The molecule has 0 aliphatic rings. The van der Waals surface area contributed by atoms with Crippen LogP contribution in [0.5, 0.6) is 5.88 Å². The number of ether oxygens (including phenoxy) is 1. The van der Waals surface area contributed by atoms with Gasteiger partial charge in [-0.3, -0.25) is 0 Å². The lowest BCUT2D eigenvalue weighted by Gasteiger charge is -2.08. The highest BCUT2D eigenvalue weighted by Crippen LogP contribution is 2.33. The summed E-state index contributed by atoms with van der Waals surface area (Å²) in [4.78, 5) is 9.20. The van der Waals surface area contributed by atoms with Gasteiger partial charge >= 0.3 is 0 Å². The maximum Gasteiger partial charge on any atom is 0.259 e. The highest BCUT2D eigenvalue weighted by atomic mass is 79.9. The average molecular weight is 410 g/mol. The van der Waals surface area contributed by atoms with Gasteiger partial charge in [0.15, 0.2) is 0 Å². The molecular weight excluding hydrogens is 394 g/mol. The molecule has 2 aromatic carbocycles. The third-order valence-corrected chi connectivity index (χ3v) is 4.68. The first-order valence-corrected chi connectivity index (χ1v) is 9.08. The van der Waals surface area contributed by atoms with Crippen LogP contribution in [0.25, 0.3) is 33.7 Å². The monoisotopic (exact) mass is 409 g/mol. The van der Waals surface area contributed by atoms with E-state index in [0.29, 0.717) is 29.8 Å². The van der Waals surface area contributed by atoms with Crippen molar-refractivity contribution in [3.63, 3.8) is 0 Å². The predicted octanol–water partition coefficient (Wildman–Crippen LogP) is 5.42. The van der Waals surface area contributed by atoms with Gasteiger partial charge in [-0.2, -0.15) is 4.98 Å². The number of hydrogen-bond donors (Lipinski definition) is 0. The molecule has 4 aromatic rings. The Morgan fingerprint density at radius 1 is 1.04 bits per heavy atom. The number of fused-ring (bicyclic) bond motifs is 1. The summed E-state index contributed by atoms with van der Waals surface area (Å²) in [5.74, 6) is 1.40. The Morgan fingerprint density at radius 2 is 1.88 bits per heavy atom. The zero-order valence-electron chi connectivity index (χ0n) is 14.4. The van der Waals surface area contributed by atoms with Crippen LogP contribution in [0.3, 0.4) is 0 Å². The fourth-order valence-corrected chi connectivity index (χ4v) is 3.20. The molecule has 0 aliphatic carbocycles. The minimum Gasteiger partial charge on any atom is -0.477 e. The van der Waals surface area contributed by atoms with Gasteiger partial charge in [-0.05, 0) is 59.6 Å². The molecule has 2 aromatic heterocycles. The molecule has 2 heterocycles. The van der Waals surface area contributed by atoms with Crippen LogP contribution < -0.4 is 4.74 Å². The molecule has 0 aliphatic heterocycles. The van der Waals surface area contributed by atoms with E-state index < -0.39 is 0 Å². The second-order valence-electron chi connectivity index (χ2n) is 5.87. The Kier molecular flexibility index (Phi) is 4.42. The molecular formula is C20H16BrN3O2. The van der Waals surface area contributed by atoms with Crippen molar-refractivity contribution >= 4 is 26.8 Å². The van der Waals surface area contributed by atoms with Crippen molar-refractivity contribution in [2.45, 2.75) is 13.8 Å². The van der Waals surface area contributed by atoms with Crippen molar-refractivity contribution in [1.29, 1.82) is 0 Å². The smallest absolute Gasteiger partial charge is 0.259 e. The van der Waals surface area contributed by atoms with E-state index in [2.05, 4.69) is 37.1 Å². The first-order chi connectivity index (χ1) is 12.7. The molecule has 0 saturated heterocycles. The maximum atomic E-state index is 5.74. The zero-order chi connectivity index (χ0) is 18.1. The van der Waals surface area contributed by atoms with Crippen LogP contribution >= 0.6 is 15.9 Å². The molecule has 0 bridgehead atoms. The molecule has 0 radical (unpaired) electrons. The molecule has 6 heteroatoms. The number of benzene rings is 2. The van der Waals surface area contributed by atoms with Crippen molar-refractivity contribution in [2.75, 3.05) is 6.61 Å². The molecule has 0 amide bonds. The van der Waals surface area contributed by atoms with Gasteiger partial charge in [0.1, 0.15) is 0 Å². The van der Waals surface area contributed by atoms with E-state index in [4.69, 9.17) is 9.26 Å². The summed E-state index contributed by atoms with van der Waals surface area (Å²) in [6, 6.07) is 15.8. The van der Waals surface area contributed by atoms with Crippen molar-refractivity contribution < 1.29 is 9.26 Å². The molecule has 0 saturated carbocycles. The summed E-state index contributed by atoms with van der Waals surface area (Å²) in [6.45, 7) is 4.47. The standard InChI is InChI=1S/C20H16BrN3O2/c1-3-25-19-15(11-13-9-8-12(2)10-17(13)22-19)18-23-20(26-24-18)14-6-4-5-7-16(14)21/h4-11H,3H2,1-2H3. The maximum absolute atomic E-state index is 5.74. The van der Waals surface area contributed by atoms with Gasteiger partial charge in [0.2, 0.25) is 11.7 Å². The van der Waals surface area contributed by atoms with Crippen molar-refractivity contribution in [1.82, 2.24) is 15.1 Å². The Bertz CT molecular complexity index is 1090. The predicted molar refractivity (Wildman–Crippen MR) is 104 cm³/mol. The Balaban J connectivity index is 1.84. The van der Waals surface area contributed by atoms with Crippen LogP contribution in [-0.2, 0) is 0 Å². The SMILES string of the molecule is CCOc1nc2cc(C)ccc2cc1-c1noc(-c2ccccc2Br)n1. The van der Waals surface area contributed by atoms with Crippen molar-refractivity contribution in [3.8, 4) is 28.7 Å². The lowest BCUT2D eigenvalue weighted by atomic mass is 10.1. The van der Waals surface area contributed by atoms with Gasteiger partial charge in [-0.15, -0.1) is 0 Å². The third-order valence-electron chi connectivity index (χ3n) is 3.99. The number of pyridine rings is 1. The second-order valence-corrected chi connectivity index (χ2v) is 6.73. The van der Waals surface area contributed by atoms with Crippen LogP contribution in [0.1, 0.15) is 12.5 Å². The number of hydrogen-bond acceptors (Lipinski definition) is 5. The molecule has 0 fully saturated rings. The Morgan fingerprint density at radius 3 is 2.69 bits per heavy atom. The van der Waals surface area contributed by atoms with E-state index in [9.17, 15) is 0 Å². The highest BCUT2D eigenvalue weighted by molar-refractivity contribution is 9.10. The quantitative estimate of drug-likeness (QED) is 0.450. The van der Waals surface area contributed by atoms with E-state index in [-0.39, 0.29) is 0 Å². The topological polar surface area (TPSA) is 61.0 Å². The van der Waals surface area contributed by atoms with E-state index in [0.717, 1.165) is 26.5 Å². The second kappa shape index (κ2) is 6.88. The fraction of sp³-hybridized carbons (Fsp3) is 0.150. The minimum absolute atomic E-state index is 0.443. The number of aromatic nitrogens is 3. The number of rotatable bonds is 4. The van der Waals surface area contributed by atoms with Crippen molar-refractivity contribution in [3.05, 3.63) is 58.6 Å². The van der Waals surface area contributed by atoms with Crippen LogP contribution in [0.2, 0.25) is 0 Å². The Labute approximate surface area is 159 Å². The average Bonchev–Trinajstić information content (AvgIpc) is 3.11. The molecule has 5 nitrogen and oxygen atoms in total. The number of halogens is 1. The molecule has 4 rings (SSSR count). The van der Waals surface area contributed by atoms with Gasteiger partial charge in [-0.1, -0.05) is 29.4 Å². The molecule has 26 heavy (non-hydrogen) atoms. The number of nitrogens with zero attached hydrogens (tertiary/aromatic N) is 3. The van der Waals surface area contributed by atoms with Crippen LogP contribution in [0.4, 0.5) is 0 Å². The lowest BCUT2D eigenvalue weighted by Crippen LogP contribution is -1.98. The van der Waals surface area contributed by atoms with E-state index in [1.807, 2.05) is 56.3 Å². The zero-order valence-corrected chi connectivity index (χ0v) is 15.9. The Hall–Kier alpha value is -2.73. The summed E-state index contributed by atoms with van der Waals surface area (Å²) < 4.78 is 12.1. The summed E-state index contributed by atoms with van der Waals surface area (Å²) >= 11 is 3.51. The van der Waals surface area contributed by atoms with Gasteiger partial charge in [0.25, 0.3) is 5.89 Å². The summed E-state index contributed by atoms with van der Waals surface area (Å²) in [6.07, 6.45) is 0. The first kappa shape index (κ1) is 16.7. The minimum atomic E-state index is 0.443. The lowest BCUT2D eigenvalue weighted by molar-refractivity contribution is 0.329. The van der Waals surface area contributed by atoms with Crippen LogP contribution in [0, 0.1) is 6.92 Å². The van der Waals surface area contributed by atoms with Gasteiger partial charge < -0.3 is 9.26 Å². The summed E-state index contributed by atoms with van der Waals surface area (Å²) in [5, 5.41) is 5.15. The van der Waals surface area contributed by atoms with E-state index >= 15 is 0 Å². The third kappa shape index (κ3) is 3.08. The normalized spacial score (nSPS) is 11.0. The van der Waals surface area contributed by atoms with Crippen molar-refractivity contribution in [2.24, 2.45) is 0 Å². The van der Waals surface area contributed by atoms with E-state index in [1.165, 1.54) is 0 Å². The summed E-state index contributed by atoms with van der Waals surface area (Å²) in [7, 11) is 0. The molecule has 0 atom stereocenters. The van der Waals surface area contributed by atoms with E-state index in [1.54, 1.807) is 0 Å².